The minimum atomic E-state index is -1.35. The molecule has 0 aliphatic rings. The number of rotatable bonds is 15. The molecule has 35 heavy (non-hydrogen) atoms. The molecule has 0 saturated carbocycles. The number of nitrogens with two attached hydrogens (primary N) is 2. The van der Waals surface area contributed by atoms with Gasteiger partial charge >= 0.3 is 5.97 Å². The van der Waals surface area contributed by atoms with Crippen molar-refractivity contribution in [3.05, 3.63) is 29.8 Å². The van der Waals surface area contributed by atoms with Crippen molar-refractivity contribution in [2.24, 2.45) is 11.5 Å². The monoisotopic (exact) mass is 511 g/mol. The number of carboxylic acid groups (broad SMARTS) is 1. The Hall–Kier alpha value is -3.32. The third-order valence-electron chi connectivity index (χ3n) is 5.02. The van der Waals surface area contributed by atoms with Crippen molar-refractivity contribution in [2.75, 3.05) is 12.0 Å². The number of aliphatic carboxylic acids is 1. The second-order valence-corrected chi connectivity index (χ2v) is 8.94. The average molecular weight is 512 g/mol. The number of benzene rings is 1. The molecular weight excluding hydrogens is 478 g/mol. The summed E-state index contributed by atoms with van der Waals surface area (Å²) in [5.41, 5.74) is 11.7. The third kappa shape index (κ3) is 11.1. The molecule has 0 aromatic heterocycles. The van der Waals surface area contributed by atoms with Crippen molar-refractivity contribution in [1.82, 2.24) is 16.0 Å². The number of aromatic hydroxyl groups is 1. The summed E-state index contributed by atoms with van der Waals surface area (Å²) in [5, 5.41) is 25.9. The topological polar surface area (TPSA) is 214 Å². The lowest BCUT2D eigenvalue weighted by Gasteiger charge is -2.23. The fraction of sp³-hybridized carbons (Fsp3) is 0.500. The van der Waals surface area contributed by atoms with Gasteiger partial charge in [0.1, 0.15) is 23.9 Å². The van der Waals surface area contributed by atoms with Crippen LogP contribution in [0, 0.1) is 0 Å². The van der Waals surface area contributed by atoms with E-state index in [-0.39, 0.29) is 31.4 Å². The predicted molar refractivity (Wildman–Crippen MR) is 130 cm³/mol. The Morgan fingerprint density at radius 2 is 1.54 bits per heavy atom. The summed E-state index contributed by atoms with van der Waals surface area (Å²) in [6, 6.07) is 1.83. The number of hydrogen-bond acceptors (Lipinski definition) is 8. The number of carbonyl (C=O) groups excluding carboxylic acids is 4. The van der Waals surface area contributed by atoms with Gasteiger partial charge in [0.15, 0.2) is 0 Å². The first-order valence-corrected chi connectivity index (χ1v) is 12.3. The van der Waals surface area contributed by atoms with Crippen molar-refractivity contribution in [1.29, 1.82) is 0 Å². The summed E-state index contributed by atoms with van der Waals surface area (Å²) in [7, 11) is 0. The van der Waals surface area contributed by atoms with Gasteiger partial charge in [-0.25, -0.2) is 4.79 Å². The normalized spacial score (nSPS) is 14.1. The molecule has 1 rings (SSSR count). The Labute approximate surface area is 207 Å². The van der Waals surface area contributed by atoms with Crippen LogP contribution in [0.2, 0.25) is 0 Å². The number of thioether (sulfide) groups is 1. The van der Waals surface area contributed by atoms with Gasteiger partial charge in [0, 0.05) is 6.42 Å². The van der Waals surface area contributed by atoms with Crippen LogP contribution >= 0.6 is 11.8 Å². The van der Waals surface area contributed by atoms with Crippen LogP contribution < -0.4 is 27.4 Å². The van der Waals surface area contributed by atoms with Crippen molar-refractivity contribution >= 4 is 41.4 Å². The van der Waals surface area contributed by atoms with Gasteiger partial charge in [-0.15, -0.1) is 0 Å². The van der Waals surface area contributed by atoms with Crippen LogP contribution in [0.1, 0.15) is 31.7 Å². The molecule has 1 aromatic rings. The number of amides is 4. The Balaban J connectivity index is 2.74. The van der Waals surface area contributed by atoms with E-state index in [0.717, 1.165) is 5.56 Å². The lowest BCUT2D eigenvalue weighted by atomic mass is 10.0. The first-order valence-electron chi connectivity index (χ1n) is 10.9. The highest BCUT2D eigenvalue weighted by atomic mass is 32.2. The van der Waals surface area contributed by atoms with E-state index in [9.17, 15) is 34.2 Å². The lowest BCUT2D eigenvalue weighted by molar-refractivity contribution is -0.142. The molecule has 9 N–H and O–H groups in total. The SMILES string of the molecule is CSCCC(NC(=O)C(N)Cc1ccc(O)cc1)C(=O)NC(C)C(=O)NC(CCC(N)=O)C(=O)O. The highest BCUT2D eigenvalue weighted by Crippen LogP contribution is 2.11. The van der Waals surface area contributed by atoms with Gasteiger partial charge < -0.3 is 37.6 Å². The molecule has 0 saturated heterocycles. The summed E-state index contributed by atoms with van der Waals surface area (Å²) >= 11 is 1.46. The number of primary amides is 1. The number of phenols is 1. The van der Waals surface area contributed by atoms with Crippen LogP contribution in [0.4, 0.5) is 0 Å². The maximum atomic E-state index is 12.8. The molecule has 1 aromatic carbocycles. The molecule has 0 heterocycles. The fourth-order valence-electron chi connectivity index (χ4n) is 2.98. The van der Waals surface area contributed by atoms with Crippen LogP contribution in [-0.4, -0.2) is 76.0 Å². The van der Waals surface area contributed by atoms with E-state index in [0.29, 0.717) is 5.75 Å². The summed E-state index contributed by atoms with van der Waals surface area (Å²) in [5.74, 6) is -3.38. The van der Waals surface area contributed by atoms with Crippen molar-refractivity contribution < 1.29 is 34.2 Å². The average Bonchev–Trinajstić information content (AvgIpc) is 2.79. The zero-order valence-corrected chi connectivity index (χ0v) is 20.5. The summed E-state index contributed by atoms with van der Waals surface area (Å²) < 4.78 is 0. The van der Waals surface area contributed by atoms with Crippen LogP contribution in [0.25, 0.3) is 0 Å². The van der Waals surface area contributed by atoms with Gasteiger partial charge in [-0.1, -0.05) is 12.1 Å². The summed E-state index contributed by atoms with van der Waals surface area (Å²) in [6.45, 7) is 1.37. The van der Waals surface area contributed by atoms with E-state index in [2.05, 4.69) is 16.0 Å². The molecule has 4 amide bonds. The first-order chi connectivity index (χ1) is 16.4. The number of carboxylic acids is 1. The highest BCUT2D eigenvalue weighted by Gasteiger charge is 2.28. The molecule has 0 spiro atoms. The van der Waals surface area contributed by atoms with Crippen LogP contribution in [-0.2, 0) is 30.4 Å². The van der Waals surface area contributed by atoms with Crippen molar-refractivity contribution in [3.63, 3.8) is 0 Å². The minimum absolute atomic E-state index is 0.0845. The molecule has 0 bridgehead atoms. The largest absolute Gasteiger partial charge is 0.508 e. The first kappa shape index (κ1) is 29.7. The van der Waals surface area contributed by atoms with E-state index >= 15 is 0 Å². The van der Waals surface area contributed by atoms with Crippen LogP contribution in [0.3, 0.4) is 0 Å². The lowest BCUT2D eigenvalue weighted by Crippen LogP contribution is -2.56. The molecule has 0 aliphatic heterocycles. The third-order valence-corrected chi connectivity index (χ3v) is 5.66. The molecule has 4 atom stereocenters. The maximum absolute atomic E-state index is 12.8. The second kappa shape index (κ2) is 14.8. The molecule has 12 nitrogen and oxygen atoms in total. The number of nitrogens with one attached hydrogen (secondary N) is 3. The van der Waals surface area contributed by atoms with Gasteiger partial charge in [0.25, 0.3) is 0 Å². The Morgan fingerprint density at radius 3 is 2.09 bits per heavy atom. The second-order valence-electron chi connectivity index (χ2n) is 7.95. The number of phenolic OH excluding ortho intramolecular Hbond substituents is 1. The Kier molecular flexibility index (Phi) is 12.6. The van der Waals surface area contributed by atoms with Crippen molar-refractivity contribution in [2.45, 2.75) is 56.8 Å². The van der Waals surface area contributed by atoms with Crippen molar-refractivity contribution in [3.8, 4) is 5.75 Å². The smallest absolute Gasteiger partial charge is 0.326 e. The molecule has 13 heteroatoms. The minimum Gasteiger partial charge on any atom is -0.508 e. The van der Waals surface area contributed by atoms with E-state index < -0.39 is 53.8 Å². The zero-order chi connectivity index (χ0) is 26.5. The number of carbonyl (C=O) groups is 5. The summed E-state index contributed by atoms with van der Waals surface area (Å²) in [6.07, 6.45) is 1.87. The highest BCUT2D eigenvalue weighted by molar-refractivity contribution is 7.98. The summed E-state index contributed by atoms with van der Waals surface area (Å²) in [4.78, 5) is 60.0. The Morgan fingerprint density at radius 1 is 0.943 bits per heavy atom. The quantitative estimate of drug-likeness (QED) is 0.151. The zero-order valence-electron chi connectivity index (χ0n) is 19.7. The number of hydrogen-bond donors (Lipinski definition) is 7. The Bertz CT molecular complexity index is 897. The van der Waals surface area contributed by atoms with E-state index in [1.807, 2.05) is 6.26 Å². The van der Waals surface area contributed by atoms with Gasteiger partial charge in [0.2, 0.25) is 23.6 Å². The van der Waals surface area contributed by atoms with Crippen LogP contribution in [0.15, 0.2) is 24.3 Å². The molecular formula is C22H33N5O7S. The molecule has 0 fully saturated rings. The van der Waals surface area contributed by atoms with Crippen LogP contribution in [0.5, 0.6) is 5.75 Å². The fourth-order valence-corrected chi connectivity index (χ4v) is 3.45. The predicted octanol–water partition coefficient (Wildman–Crippen LogP) is -1.16. The van der Waals surface area contributed by atoms with Gasteiger partial charge in [-0.2, -0.15) is 11.8 Å². The van der Waals surface area contributed by atoms with Gasteiger partial charge in [-0.3, -0.25) is 19.2 Å². The standard InChI is InChI=1S/C22H33N5O7S/c1-12(19(30)27-17(22(33)34)7-8-18(24)29)25-21(32)16(9-10-35-2)26-20(31)15(23)11-13-3-5-14(28)6-4-13/h3-6,12,15-17,28H,7-11,23H2,1-2H3,(H2,24,29)(H,25,32)(H,26,31)(H,27,30)(H,33,34). The van der Waals surface area contributed by atoms with Gasteiger partial charge in [-0.05, 0) is 55.9 Å². The molecule has 0 aliphatic carbocycles. The maximum Gasteiger partial charge on any atom is 0.326 e. The molecule has 194 valence electrons. The van der Waals surface area contributed by atoms with Gasteiger partial charge in [0.05, 0.1) is 6.04 Å². The van der Waals surface area contributed by atoms with E-state index in [4.69, 9.17) is 11.5 Å². The van der Waals surface area contributed by atoms with E-state index in [1.54, 1.807) is 12.1 Å². The molecule has 0 radical (unpaired) electrons. The molecule has 4 unspecified atom stereocenters. The van der Waals surface area contributed by atoms with E-state index in [1.165, 1.54) is 30.8 Å².